The monoisotopic (exact) mass is 290 g/mol. The summed E-state index contributed by atoms with van der Waals surface area (Å²) in [6.45, 7) is 2.45. The van der Waals surface area contributed by atoms with Crippen LogP contribution in [0.5, 0.6) is 0 Å². The maximum absolute atomic E-state index is 11.9. The van der Waals surface area contributed by atoms with Crippen molar-refractivity contribution in [2.75, 3.05) is 5.75 Å². The van der Waals surface area contributed by atoms with Gasteiger partial charge in [-0.3, -0.25) is 4.79 Å². The van der Waals surface area contributed by atoms with Crippen LogP contribution in [0.4, 0.5) is 0 Å². The van der Waals surface area contributed by atoms with Gasteiger partial charge in [0, 0.05) is 12.7 Å². The minimum absolute atomic E-state index is 0.269. The molecular weight excluding hydrogens is 276 g/mol. The van der Waals surface area contributed by atoms with E-state index in [2.05, 4.69) is 17.9 Å². The standard InChI is InChI=1S/C11H15ClN2O3S/c1-2-14-6-7(12)5-9(14)10(15)13-8(3-4-18)11(16)17/h5-6,8,18H,2-4H2,1H3,(H,13,15)(H,16,17). The molecule has 0 radical (unpaired) electrons. The highest BCUT2D eigenvalue weighted by atomic mass is 35.5. The molecule has 0 aliphatic heterocycles. The Morgan fingerprint density at radius 1 is 1.61 bits per heavy atom. The molecule has 18 heavy (non-hydrogen) atoms. The van der Waals surface area contributed by atoms with Gasteiger partial charge in [0.2, 0.25) is 0 Å². The number of aliphatic carboxylic acids is 1. The van der Waals surface area contributed by atoms with Crippen LogP contribution in [0.15, 0.2) is 12.3 Å². The second-order valence-corrected chi connectivity index (χ2v) is 4.59. The molecule has 0 saturated carbocycles. The first-order valence-electron chi connectivity index (χ1n) is 5.49. The number of carbonyl (C=O) groups excluding carboxylic acids is 1. The molecule has 0 spiro atoms. The molecule has 1 atom stereocenters. The minimum atomic E-state index is -1.07. The Morgan fingerprint density at radius 3 is 2.78 bits per heavy atom. The van der Waals surface area contributed by atoms with Gasteiger partial charge < -0.3 is 15.0 Å². The number of nitrogens with zero attached hydrogens (tertiary/aromatic N) is 1. The zero-order valence-electron chi connectivity index (χ0n) is 9.89. The summed E-state index contributed by atoms with van der Waals surface area (Å²) in [5, 5.41) is 11.9. The van der Waals surface area contributed by atoms with Gasteiger partial charge in [0.25, 0.3) is 5.91 Å². The lowest BCUT2D eigenvalue weighted by atomic mass is 10.2. The molecule has 0 aliphatic rings. The maximum Gasteiger partial charge on any atom is 0.326 e. The smallest absolute Gasteiger partial charge is 0.326 e. The molecule has 100 valence electrons. The van der Waals surface area contributed by atoms with Gasteiger partial charge in [-0.15, -0.1) is 0 Å². The number of carboxylic acid groups (broad SMARTS) is 1. The SMILES string of the molecule is CCn1cc(Cl)cc1C(=O)NC(CCS)C(=O)O. The van der Waals surface area contributed by atoms with Gasteiger partial charge in [0.1, 0.15) is 11.7 Å². The van der Waals surface area contributed by atoms with E-state index in [1.807, 2.05) is 6.92 Å². The maximum atomic E-state index is 11.9. The number of thiol groups is 1. The fraction of sp³-hybridized carbons (Fsp3) is 0.455. The van der Waals surface area contributed by atoms with Crippen LogP contribution in [0.25, 0.3) is 0 Å². The van der Waals surface area contributed by atoms with Crippen molar-refractivity contribution in [2.24, 2.45) is 0 Å². The Balaban J connectivity index is 2.83. The van der Waals surface area contributed by atoms with E-state index in [0.717, 1.165) is 0 Å². The van der Waals surface area contributed by atoms with Crippen molar-refractivity contribution in [3.63, 3.8) is 0 Å². The Bertz CT molecular complexity index is 447. The molecule has 1 rings (SSSR count). The molecule has 0 fully saturated rings. The van der Waals surface area contributed by atoms with Crippen molar-refractivity contribution in [2.45, 2.75) is 25.9 Å². The van der Waals surface area contributed by atoms with Crippen molar-refractivity contribution in [3.05, 3.63) is 23.0 Å². The van der Waals surface area contributed by atoms with E-state index >= 15 is 0 Å². The fourth-order valence-corrected chi connectivity index (χ4v) is 2.02. The van der Waals surface area contributed by atoms with E-state index in [4.69, 9.17) is 16.7 Å². The highest BCUT2D eigenvalue weighted by Gasteiger charge is 2.21. The van der Waals surface area contributed by atoms with E-state index in [0.29, 0.717) is 23.0 Å². The summed E-state index contributed by atoms with van der Waals surface area (Å²) in [6, 6.07) is 0.578. The molecule has 0 bridgehead atoms. The number of amides is 1. The van der Waals surface area contributed by atoms with E-state index in [9.17, 15) is 9.59 Å². The predicted octanol–water partition coefficient (Wildman–Crippen LogP) is 1.66. The highest BCUT2D eigenvalue weighted by molar-refractivity contribution is 7.80. The quantitative estimate of drug-likeness (QED) is 0.698. The molecule has 0 aliphatic carbocycles. The van der Waals surface area contributed by atoms with E-state index < -0.39 is 17.9 Å². The van der Waals surface area contributed by atoms with Crippen LogP contribution in [-0.4, -0.2) is 33.3 Å². The van der Waals surface area contributed by atoms with E-state index in [-0.39, 0.29) is 6.42 Å². The van der Waals surface area contributed by atoms with Crippen LogP contribution < -0.4 is 5.32 Å². The molecule has 1 amide bonds. The number of hydrogen-bond donors (Lipinski definition) is 3. The lowest BCUT2D eigenvalue weighted by molar-refractivity contribution is -0.139. The highest BCUT2D eigenvalue weighted by Crippen LogP contribution is 2.14. The van der Waals surface area contributed by atoms with Crippen LogP contribution in [0.2, 0.25) is 5.02 Å². The zero-order valence-corrected chi connectivity index (χ0v) is 11.5. The minimum Gasteiger partial charge on any atom is -0.480 e. The second kappa shape index (κ2) is 6.70. The molecule has 1 unspecified atom stereocenters. The Kier molecular flexibility index (Phi) is 5.55. The number of aryl methyl sites for hydroxylation is 1. The third kappa shape index (κ3) is 3.68. The van der Waals surface area contributed by atoms with Gasteiger partial charge in [-0.1, -0.05) is 11.6 Å². The molecule has 1 aromatic rings. The number of nitrogens with one attached hydrogen (secondary N) is 1. The van der Waals surface area contributed by atoms with Crippen molar-refractivity contribution in [1.29, 1.82) is 0 Å². The molecular formula is C11H15ClN2O3S. The summed E-state index contributed by atoms with van der Waals surface area (Å²) in [5.41, 5.74) is 0.355. The topological polar surface area (TPSA) is 71.3 Å². The normalized spacial score (nSPS) is 12.2. The van der Waals surface area contributed by atoms with Crippen molar-refractivity contribution in [1.82, 2.24) is 9.88 Å². The zero-order chi connectivity index (χ0) is 13.7. The van der Waals surface area contributed by atoms with Crippen molar-refractivity contribution in [3.8, 4) is 0 Å². The first kappa shape index (κ1) is 14.9. The first-order valence-corrected chi connectivity index (χ1v) is 6.50. The summed E-state index contributed by atoms with van der Waals surface area (Å²) in [7, 11) is 0. The van der Waals surface area contributed by atoms with E-state index in [1.54, 1.807) is 10.8 Å². The lowest BCUT2D eigenvalue weighted by Crippen LogP contribution is -2.41. The van der Waals surface area contributed by atoms with Crippen LogP contribution in [0.3, 0.4) is 0 Å². The van der Waals surface area contributed by atoms with Crippen LogP contribution in [0.1, 0.15) is 23.8 Å². The van der Waals surface area contributed by atoms with Gasteiger partial charge >= 0.3 is 5.97 Å². The summed E-state index contributed by atoms with van der Waals surface area (Å²) < 4.78 is 1.66. The summed E-state index contributed by atoms with van der Waals surface area (Å²) in [5.74, 6) is -1.14. The summed E-state index contributed by atoms with van der Waals surface area (Å²) >= 11 is 9.79. The van der Waals surface area contributed by atoms with Gasteiger partial charge in [-0.05, 0) is 25.2 Å². The van der Waals surface area contributed by atoms with Gasteiger partial charge in [0.05, 0.1) is 5.02 Å². The number of aromatic nitrogens is 1. The van der Waals surface area contributed by atoms with Gasteiger partial charge in [0.15, 0.2) is 0 Å². The molecule has 7 heteroatoms. The number of carbonyl (C=O) groups is 2. The van der Waals surface area contributed by atoms with Crippen LogP contribution in [0, 0.1) is 0 Å². The van der Waals surface area contributed by atoms with Crippen LogP contribution in [-0.2, 0) is 11.3 Å². The van der Waals surface area contributed by atoms with Crippen molar-refractivity contribution < 1.29 is 14.7 Å². The Morgan fingerprint density at radius 2 is 2.28 bits per heavy atom. The average Bonchev–Trinajstić information content (AvgIpc) is 2.69. The molecule has 2 N–H and O–H groups in total. The predicted molar refractivity (Wildman–Crippen MR) is 72.5 cm³/mol. The van der Waals surface area contributed by atoms with Gasteiger partial charge in [-0.2, -0.15) is 12.6 Å². The average molecular weight is 291 g/mol. The molecule has 0 saturated heterocycles. The van der Waals surface area contributed by atoms with E-state index in [1.165, 1.54) is 6.07 Å². The summed E-state index contributed by atoms with van der Waals surface area (Å²) in [4.78, 5) is 22.9. The van der Waals surface area contributed by atoms with Gasteiger partial charge in [-0.25, -0.2) is 4.79 Å². The molecule has 0 aromatic carbocycles. The summed E-state index contributed by atoms with van der Waals surface area (Å²) in [6.07, 6.45) is 1.90. The third-order valence-corrected chi connectivity index (χ3v) is 2.92. The lowest BCUT2D eigenvalue weighted by Gasteiger charge is -2.14. The van der Waals surface area contributed by atoms with Crippen molar-refractivity contribution >= 4 is 36.1 Å². The number of halogens is 1. The number of rotatable bonds is 6. The molecule has 1 heterocycles. The fourth-order valence-electron chi connectivity index (χ4n) is 1.55. The molecule has 5 nitrogen and oxygen atoms in total. The number of carboxylic acids is 1. The Labute approximate surface area is 116 Å². The third-order valence-electron chi connectivity index (χ3n) is 2.46. The largest absolute Gasteiger partial charge is 0.480 e. The molecule has 1 aromatic heterocycles. The van der Waals surface area contributed by atoms with Crippen LogP contribution >= 0.6 is 24.2 Å². The first-order chi connectivity index (χ1) is 8.49. The Hall–Kier alpha value is -1.14. The number of hydrogen-bond acceptors (Lipinski definition) is 3. The second-order valence-electron chi connectivity index (χ2n) is 3.71.